The van der Waals surface area contributed by atoms with Gasteiger partial charge in [-0.25, -0.2) is 0 Å². The van der Waals surface area contributed by atoms with Gasteiger partial charge >= 0.3 is 0 Å². The topological polar surface area (TPSA) is 38.3 Å². The summed E-state index contributed by atoms with van der Waals surface area (Å²) in [4.78, 5) is 11.3. The van der Waals surface area contributed by atoms with Crippen molar-refractivity contribution in [3.05, 3.63) is 0 Å². The van der Waals surface area contributed by atoms with Crippen molar-refractivity contribution in [1.29, 1.82) is 0 Å². The molecule has 2 atom stereocenters. The summed E-state index contributed by atoms with van der Waals surface area (Å²) in [7, 11) is 1.54. The molecule has 1 N–H and O–H groups in total. The molecule has 0 spiro atoms. The van der Waals surface area contributed by atoms with Crippen molar-refractivity contribution in [2.24, 2.45) is 0 Å². The summed E-state index contributed by atoms with van der Waals surface area (Å²) in [5.41, 5.74) is 0. The number of thioether (sulfide) groups is 1. The Bertz CT molecular complexity index is 153. The van der Waals surface area contributed by atoms with Crippen LogP contribution in [-0.2, 0) is 9.53 Å². The fourth-order valence-corrected chi connectivity index (χ4v) is 1.42. The summed E-state index contributed by atoms with van der Waals surface area (Å²) in [6.45, 7) is 3.76. The lowest BCUT2D eigenvalue weighted by Gasteiger charge is -2.16. The first-order valence-corrected chi connectivity index (χ1v) is 5.83. The Labute approximate surface area is 84.6 Å². The summed E-state index contributed by atoms with van der Waals surface area (Å²) in [5, 5.41) is 2.89. The molecule has 0 aromatic heterocycles. The number of rotatable bonds is 6. The van der Waals surface area contributed by atoms with Gasteiger partial charge in [-0.15, -0.1) is 0 Å². The van der Waals surface area contributed by atoms with Gasteiger partial charge in [0.05, 0.1) is 0 Å². The number of hydrogen-bond acceptors (Lipinski definition) is 3. The molecule has 3 nitrogen and oxygen atoms in total. The lowest BCUT2D eigenvalue weighted by molar-refractivity contribution is -0.130. The molecule has 0 fully saturated rings. The summed E-state index contributed by atoms with van der Waals surface area (Å²) in [6.07, 6.45) is 2.71. The quantitative estimate of drug-likeness (QED) is 0.710. The molecule has 0 saturated heterocycles. The van der Waals surface area contributed by atoms with Crippen LogP contribution in [0.4, 0.5) is 0 Å². The van der Waals surface area contributed by atoms with E-state index in [1.807, 2.05) is 6.92 Å². The third-order valence-corrected chi connectivity index (χ3v) is 2.51. The Morgan fingerprint density at radius 3 is 2.62 bits per heavy atom. The molecule has 0 bridgehead atoms. The average Bonchev–Trinajstić information content (AvgIpc) is 2.13. The smallest absolute Gasteiger partial charge is 0.249 e. The zero-order valence-electron chi connectivity index (χ0n) is 8.79. The summed E-state index contributed by atoms with van der Waals surface area (Å²) in [5.74, 6) is 1.04. The highest BCUT2D eigenvalue weighted by molar-refractivity contribution is 7.98. The lowest BCUT2D eigenvalue weighted by atomic mass is 10.2. The van der Waals surface area contributed by atoms with Crippen molar-refractivity contribution in [1.82, 2.24) is 5.32 Å². The molecule has 1 amide bonds. The van der Waals surface area contributed by atoms with Gasteiger partial charge < -0.3 is 10.1 Å². The highest BCUT2D eigenvalue weighted by Crippen LogP contribution is 2.00. The Morgan fingerprint density at radius 1 is 1.54 bits per heavy atom. The second kappa shape index (κ2) is 7.21. The third-order valence-electron chi connectivity index (χ3n) is 1.87. The van der Waals surface area contributed by atoms with Crippen LogP contribution in [0.25, 0.3) is 0 Å². The Kier molecular flexibility index (Phi) is 7.09. The molecule has 2 unspecified atom stereocenters. The first-order valence-electron chi connectivity index (χ1n) is 4.44. The van der Waals surface area contributed by atoms with E-state index < -0.39 is 0 Å². The maximum Gasteiger partial charge on any atom is 0.249 e. The number of carbonyl (C=O) groups excluding carboxylic acids is 1. The summed E-state index contributed by atoms with van der Waals surface area (Å²) < 4.78 is 4.90. The standard InChI is InChI=1S/C9H19NO2S/c1-7(5-6-13-4)10-9(11)8(2)12-3/h7-8H,5-6H2,1-4H3,(H,10,11). The van der Waals surface area contributed by atoms with Crippen LogP contribution < -0.4 is 5.32 Å². The summed E-state index contributed by atoms with van der Waals surface area (Å²) >= 11 is 1.79. The van der Waals surface area contributed by atoms with E-state index in [9.17, 15) is 4.79 Å². The van der Waals surface area contributed by atoms with Crippen molar-refractivity contribution in [3.63, 3.8) is 0 Å². The van der Waals surface area contributed by atoms with Gasteiger partial charge in [0.25, 0.3) is 0 Å². The van der Waals surface area contributed by atoms with Gasteiger partial charge in [-0.05, 0) is 32.3 Å². The van der Waals surface area contributed by atoms with Gasteiger partial charge in [-0.3, -0.25) is 4.79 Å². The first-order chi connectivity index (χ1) is 6.11. The van der Waals surface area contributed by atoms with Crippen LogP contribution in [0.2, 0.25) is 0 Å². The van der Waals surface area contributed by atoms with E-state index in [2.05, 4.69) is 11.6 Å². The molecule has 0 aromatic carbocycles. The predicted octanol–water partition coefficient (Wildman–Crippen LogP) is 1.28. The molecule has 0 aliphatic heterocycles. The van der Waals surface area contributed by atoms with E-state index in [1.165, 1.54) is 7.11 Å². The minimum atomic E-state index is -0.350. The first kappa shape index (κ1) is 12.8. The number of amides is 1. The second-order valence-electron chi connectivity index (χ2n) is 3.07. The van der Waals surface area contributed by atoms with Crippen LogP contribution in [0.3, 0.4) is 0 Å². The summed E-state index contributed by atoms with van der Waals surface area (Å²) in [6, 6.07) is 0.234. The molecule has 0 radical (unpaired) electrons. The van der Waals surface area contributed by atoms with Crippen molar-refractivity contribution >= 4 is 17.7 Å². The Balaban J connectivity index is 3.64. The van der Waals surface area contributed by atoms with Crippen molar-refractivity contribution in [2.75, 3.05) is 19.1 Å². The zero-order chi connectivity index (χ0) is 10.3. The minimum Gasteiger partial charge on any atom is -0.372 e. The van der Waals surface area contributed by atoms with E-state index in [1.54, 1.807) is 18.7 Å². The van der Waals surface area contributed by atoms with Crippen molar-refractivity contribution < 1.29 is 9.53 Å². The monoisotopic (exact) mass is 205 g/mol. The maximum absolute atomic E-state index is 11.3. The number of carbonyl (C=O) groups is 1. The highest BCUT2D eigenvalue weighted by atomic mass is 32.2. The lowest BCUT2D eigenvalue weighted by Crippen LogP contribution is -2.39. The van der Waals surface area contributed by atoms with Crippen molar-refractivity contribution in [3.8, 4) is 0 Å². The minimum absolute atomic E-state index is 0.0314. The van der Waals surface area contributed by atoms with Gasteiger partial charge in [-0.1, -0.05) is 0 Å². The second-order valence-corrected chi connectivity index (χ2v) is 4.05. The van der Waals surface area contributed by atoms with Gasteiger partial charge in [0.15, 0.2) is 0 Å². The molecule has 0 saturated carbocycles. The van der Waals surface area contributed by atoms with E-state index in [0.29, 0.717) is 0 Å². The van der Waals surface area contributed by atoms with Crippen LogP contribution in [-0.4, -0.2) is 37.2 Å². The van der Waals surface area contributed by atoms with Gasteiger partial charge in [-0.2, -0.15) is 11.8 Å². The van der Waals surface area contributed by atoms with E-state index in [-0.39, 0.29) is 18.1 Å². The fourth-order valence-electron chi connectivity index (χ4n) is 0.834. The molecule has 0 aliphatic rings. The SMILES string of the molecule is COC(C)C(=O)NC(C)CCSC. The Morgan fingerprint density at radius 2 is 2.15 bits per heavy atom. The largest absolute Gasteiger partial charge is 0.372 e. The van der Waals surface area contributed by atoms with Gasteiger partial charge in [0, 0.05) is 13.2 Å². The van der Waals surface area contributed by atoms with E-state index >= 15 is 0 Å². The van der Waals surface area contributed by atoms with Gasteiger partial charge in [0.2, 0.25) is 5.91 Å². The van der Waals surface area contributed by atoms with E-state index in [0.717, 1.165) is 12.2 Å². The average molecular weight is 205 g/mol. The number of ether oxygens (including phenoxy) is 1. The maximum atomic E-state index is 11.3. The van der Waals surface area contributed by atoms with Crippen LogP contribution in [0, 0.1) is 0 Å². The van der Waals surface area contributed by atoms with Crippen LogP contribution in [0.15, 0.2) is 0 Å². The zero-order valence-corrected chi connectivity index (χ0v) is 9.61. The van der Waals surface area contributed by atoms with Crippen LogP contribution in [0.1, 0.15) is 20.3 Å². The molecular weight excluding hydrogens is 186 g/mol. The molecule has 78 valence electrons. The highest BCUT2D eigenvalue weighted by Gasteiger charge is 2.13. The molecule has 4 heteroatoms. The number of nitrogens with one attached hydrogen (secondary N) is 1. The Hall–Kier alpha value is -0.220. The number of hydrogen-bond donors (Lipinski definition) is 1. The van der Waals surface area contributed by atoms with Crippen LogP contribution in [0.5, 0.6) is 0 Å². The molecule has 0 heterocycles. The van der Waals surface area contributed by atoms with Crippen LogP contribution >= 0.6 is 11.8 Å². The van der Waals surface area contributed by atoms with Crippen molar-refractivity contribution in [2.45, 2.75) is 32.4 Å². The molecule has 0 aliphatic carbocycles. The molecule has 13 heavy (non-hydrogen) atoms. The van der Waals surface area contributed by atoms with Gasteiger partial charge in [0.1, 0.15) is 6.10 Å². The molecular formula is C9H19NO2S. The third kappa shape index (κ3) is 5.93. The fraction of sp³-hybridized carbons (Fsp3) is 0.889. The molecule has 0 aromatic rings. The van der Waals surface area contributed by atoms with E-state index in [4.69, 9.17) is 4.74 Å². The normalized spacial score (nSPS) is 15.1. The predicted molar refractivity (Wildman–Crippen MR) is 57.1 cm³/mol. The molecule has 0 rings (SSSR count). The number of methoxy groups -OCH3 is 1.